The second-order valence-corrected chi connectivity index (χ2v) is 6.66. The van der Waals surface area contributed by atoms with E-state index in [4.69, 9.17) is 0 Å². The van der Waals surface area contributed by atoms with Gasteiger partial charge < -0.3 is 10.6 Å². The van der Waals surface area contributed by atoms with Crippen LogP contribution in [0.1, 0.15) is 11.1 Å². The fourth-order valence-corrected chi connectivity index (χ4v) is 3.18. The van der Waals surface area contributed by atoms with E-state index in [1.807, 2.05) is 60.7 Å². The Bertz CT molecular complexity index is 704. The molecule has 0 radical (unpaired) electrons. The number of benzene rings is 2. The highest BCUT2D eigenvalue weighted by molar-refractivity contribution is 5.88. The molecule has 4 nitrogen and oxygen atoms in total. The zero-order valence-corrected chi connectivity index (χ0v) is 16.1. The van der Waals surface area contributed by atoms with Gasteiger partial charge in [-0.25, -0.2) is 0 Å². The Balaban J connectivity index is 2.33. The lowest BCUT2D eigenvalue weighted by Crippen LogP contribution is -2.44. The lowest BCUT2D eigenvalue weighted by Gasteiger charge is -2.26. The third-order valence-electron chi connectivity index (χ3n) is 4.60. The van der Waals surface area contributed by atoms with Crippen molar-refractivity contribution in [3.8, 4) is 0 Å². The van der Waals surface area contributed by atoms with Crippen molar-refractivity contribution < 1.29 is 9.59 Å². The van der Waals surface area contributed by atoms with Crippen LogP contribution < -0.4 is 10.6 Å². The quantitative estimate of drug-likeness (QED) is 0.591. The summed E-state index contributed by atoms with van der Waals surface area (Å²) in [6.07, 6.45) is 4.26. The van der Waals surface area contributed by atoms with Gasteiger partial charge in [0.25, 0.3) is 0 Å². The lowest BCUT2D eigenvalue weighted by molar-refractivity contribution is -0.134. The summed E-state index contributed by atoms with van der Waals surface area (Å²) in [5, 5.41) is 5.75. The fourth-order valence-electron chi connectivity index (χ4n) is 3.18. The molecule has 146 valence electrons. The molecule has 2 atom stereocenters. The average molecular weight is 377 g/mol. The predicted octanol–water partition coefficient (Wildman–Crippen LogP) is 3.31. The van der Waals surface area contributed by atoms with Gasteiger partial charge in [-0.05, 0) is 24.0 Å². The first-order valence-corrected chi connectivity index (χ1v) is 9.50. The van der Waals surface area contributed by atoms with E-state index in [0.717, 1.165) is 11.1 Å². The Kier molecular flexibility index (Phi) is 8.73. The SMILES string of the molecule is C=CCNC(=O)[C@@H](Cc1ccccc1)[C@H](Cc1ccccc1)C(=O)NCC=C. The summed E-state index contributed by atoms with van der Waals surface area (Å²) < 4.78 is 0. The van der Waals surface area contributed by atoms with E-state index in [0.29, 0.717) is 25.9 Å². The number of amides is 2. The van der Waals surface area contributed by atoms with Gasteiger partial charge in [0.2, 0.25) is 11.8 Å². The Morgan fingerprint density at radius 3 is 1.39 bits per heavy atom. The van der Waals surface area contributed by atoms with E-state index < -0.39 is 11.8 Å². The molecule has 0 aliphatic carbocycles. The first-order valence-electron chi connectivity index (χ1n) is 9.50. The maximum atomic E-state index is 13.0. The van der Waals surface area contributed by atoms with E-state index >= 15 is 0 Å². The van der Waals surface area contributed by atoms with Crippen LogP contribution in [0.25, 0.3) is 0 Å². The molecule has 0 aromatic heterocycles. The number of rotatable bonds is 11. The minimum atomic E-state index is -0.493. The molecule has 2 amide bonds. The van der Waals surface area contributed by atoms with Gasteiger partial charge in [0.15, 0.2) is 0 Å². The van der Waals surface area contributed by atoms with Gasteiger partial charge in [-0.1, -0.05) is 72.8 Å². The van der Waals surface area contributed by atoms with Gasteiger partial charge in [0.05, 0.1) is 11.8 Å². The third kappa shape index (κ3) is 6.54. The molecule has 0 heterocycles. The molecular weight excluding hydrogens is 348 g/mol. The molecule has 2 N–H and O–H groups in total. The Morgan fingerprint density at radius 2 is 1.07 bits per heavy atom. The van der Waals surface area contributed by atoms with Crippen LogP contribution >= 0.6 is 0 Å². The summed E-state index contributed by atoms with van der Waals surface area (Å²) >= 11 is 0. The molecular formula is C24H28N2O2. The highest BCUT2D eigenvalue weighted by Gasteiger charge is 2.33. The lowest BCUT2D eigenvalue weighted by atomic mass is 9.81. The monoisotopic (exact) mass is 376 g/mol. The van der Waals surface area contributed by atoms with E-state index in [1.54, 1.807) is 12.2 Å². The largest absolute Gasteiger partial charge is 0.352 e. The second-order valence-electron chi connectivity index (χ2n) is 6.66. The van der Waals surface area contributed by atoms with Crippen LogP contribution in [-0.2, 0) is 22.4 Å². The summed E-state index contributed by atoms with van der Waals surface area (Å²) in [5.74, 6) is -1.27. The highest BCUT2D eigenvalue weighted by atomic mass is 16.2. The third-order valence-corrected chi connectivity index (χ3v) is 4.60. The van der Waals surface area contributed by atoms with Gasteiger partial charge in [0.1, 0.15) is 0 Å². The highest BCUT2D eigenvalue weighted by Crippen LogP contribution is 2.23. The maximum absolute atomic E-state index is 13.0. The predicted molar refractivity (Wildman–Crippen MR) is 114 cm³/mol. The van der Waals surface area contributed by atoms with Crippen molar-refractivity contribution in [2.75, 3.05) is 13.1 Å². The van der Waals surface area contributed by atoms with Crippen molar-refractivity contribution in [2.45, 2.75) is 12.8 Å². The van der Waals surface area contributed by atoms with E-state index in [-0.39, 0.29) is 11.8 Å². The molecule has 2 aromatic carbocycles. The minimum absolute atomic E-state index is 0.140. The molecule has 0 aliphatic heterocycles. The fraction of sp³-hybridized carbons (Fsp3) is 0.250. The molecule has 0 saturated heterocycles. The first-order chi connectivity index (χ1) is 13.7. The molecule has 0 saturated carbocycles. The molecule has 28 heavy (non-hydrogen) atoms. The van der Waals surface area contributed by atoms with Crippen molar-refractivity contribution in [1.82, 2.24) is 10.6 Å². The molecule has 4 heteroatoms. The van der Waals surface area contributed by atoms with Crippen molar-refractivity contribution in [3.05, 3.63) is 97.1 Å². The van der Waals surface area contributed by atoms with Crippen LogP contribution in [0.2, 0.25) is 0 Å². The maximum Gasteiger partial charge on any atom is 0.224 e. The van der Waals surface area contributed by atoms with Crippen LogP contribution in [0.15, 0.2) is 86.0 Å². The Labute approximate surface area is 167 Å². The molecule has 0 bridgehead atoms. The number of hydrogen-bond donors (Lipinski definition) is 2. The van der Waals surface area contributed by atoms with Crippen molar-refractivity contribution in [3.63, 3.8) is 0 Å². The van der Waals surface area contributed by atoms with Gasteiger partial charge >= 0.3 is 0 Å². The number of carbonyl (C=O) groups excluding carboxylic acids is 2. The molecule has 0 fully saturated rings. The standard InChI is InChI=1S/C24H28N2O2/c1-3-15-25-23(27)21(17-19-11-7-5-8-12-19)22(24(28)26-16-4-2)18-20-13-9-6-10-14-20/h3-14,21-22H,1-2,15-18H2,(H,25,27)(H,26,28)/t21-,22-/m0/s1. The van der Waals surface area contributed by atoms with Crippen LogP contribution in [0.4, 0.5) is 0 Å². The molecule has 2 aromatic rings. The summed E-state index contributed by atoms with van der Waals surface area (Å²) in [6, 6.07) is 19.6. The summed E-state index contributed by atoms with van der Waals surface area (Å²) in [6.45, 7) is 8.06. The van der Waals surface area contributed by atoms with Gasteiger partial charge in [-0.3, -0.25) is 9.59 Å². The Hall–Kier alpha value is -3.14. The van der Waals surface area contributed by atoms with Crippen LogP contribution in [-0.4, -0.2) is 24.9 Å². The van der Waals surface area contributed by atoms with Gasteiger partial charge in [0, 0.05) is 13.1 Å². The zero-order valence-electron chi connectivity index (χ0n) is 16.1. The van der Waals surface area contributed by atoms with Crippen LogP contribution in [0.3, 0.4) is 0 Å². The topological polar surface area (TPSA) is 58.2 Å². The summed E-state index contributed by atoms with van der Waals surface area (Å²) in [4.78, 5) is 25.9. The van der Waals surface area contributed by atoms with Crippen molar-refractivity contribution >= 4 is 11.8 Å². The van der Waals surface area contributed by atoms with Gasteiger partial charge in [-0.2, -0.15) is 0 Å². The smallest absolute Gasteiger partial charge is 0.224 e. The zero-order chi connectivity index (χ0) is 20.2. The van der Waals surface area contributed by atoms with Crippen LogP contribution in [0, 0.1) is 11.8 Å². The Morgan fingerprint density at radius 1 is 0.714 bits per heavy atom. The van der Waals surface area contributed by atoms with Crippen molar-refractivity contribution in [2.24, 2.45) is 11.8 Å². The number of nitrogens with one attached hydrogen (secondary N) is 2. The van der Waals surface area contributed by atoms with E-state index in [1.165, 1.54) is 0 Å². The average Bonchev–Trinajstić information content (AvgIpc) is 2.74. The minimum Gasteiger partial charge on any atom is -0.352 e. The molecule has 2 rings (SSSR count). The molecule has 0 unspecified atom stereocenters. The number of hydrogen-bond acceptors (Lipinski definition) is 2. The normalized spacial score (nSPS) is 12.4. The second kappa shape index (κ2) is 11.5. The summed E-state index contributed by atoms with van der Waals surface area (Å²) in [7, 11) is 0. The van der Waals surface area contributed by atoms with E-state index in [9.17, 15) is 9.59 Å². The van der Waals surface area contributed by atoms with Gasteiger partial charge in [-0.15, -0.1) is 13.2 Å². The van der Waals surface area contributed by atoms with Crippen molar-refractivity contribution in [1.29, 1.82) is 0 Å². The van der Waals surface area contributed by atoms with Crippen LogP contribution in [0.5, 0.6) is 0 Å². The summed E-state index contributed by atoms with van der Waals surface area (Å²) in [5.41, 5.74) is 2.05. The molecule has 0 aliphatic rings. The van der Waals surface area contributed by atoms with E-state index in [2.05, 4.69) is 23.8 Å². The first kappa shape index (κ1) is 21.2. The number of carbonyl (C=O) groups is 2. The molecule has 0 spiro atoms.